The van der Waals surface area contributed by atoms with Crippen LogP contribution in [0, 0.1) is 0 Å². The summed E-state index contributed by atoms with van der Waals surface area (Å²) in [6, 6.07) is 0. The Morgan fingerprint density at radius 2 is 2.28 bits per heavy atom. The largest absolute Gasteiger partial charge is 0.378 e. The first kappa shape index (κ1) is 13.4. The highest BCUT2D eigenvalue weighted by Gasteiger charge is 2.30. The Morgan fingerprint density at radius 3 is 2.89 bits per heavy atom. The van der Waals surface area contributed by atoms with Crippen LogP contribution in [-0.4, -0.2) is 40.2 Å². The van der Waals surface area contributed by atoms with Crippen molar-refractivity contribution < 1.29 is 4.79 Å². The van der Waals surface area contributed by atoms with E-state index in [-0.39, 0.29) is 5.91 Å². The molecule has 2 heterocycles. The molecule has 2 saturated heterocycles. The second kappa shape index (κ2) is 5.71. The number of likely N-dealkylation sites (tertiary alicyclic amines) is 1. The van der Waals surface area contributed by atoms with Gasteiger partial charge < -0.3 is 4.90 Å². The third-order valence-electron chi connectivity index (χ3n) is 3.03. The molecule has 18 heavy (non-hydrogen) atoms. The monoisotopic (exact) mass is 280 g/mol. The van der Waals surface area contributed by atoms with Crippen molar-refractivity contribution in [2.45, 2.75) is 12.8 Å². The van der Waals surface area contributed by atoms with E-state index in [2.05, 4.69) is 18.5 Å². The summed E-state index contributed by atoms with van der Waals surface area (Å²) < 4.78 is 0.615. The summed E-state index contributed by atoms with van der Waals surface area (Å²) in [4.78, 5) is 16.6. The fourth-order valence-electron chi connectivity index (χ4n) is 2.01. The molecule has 0 bridgehead atoms. The molecule has 5 heteroatoms. The van der Waals surface area contributed by atoms with E-state index in [9.17, 15) is 4.79 Å². The van der Waals surface area contributed by atoms with Crippen LogP contribution in [-0.2, 0) is 4.79 Å². The molecular formula is C13H16N2OS2. The molecule has 0 N–H and O–H groups in total. The molecule has 0 saturated carbocycles. The third-order valence-corrected chi connectivity index (χ3v) is 4.43. The van der Waals surface area contributed by atoms with Crippen LogP contribution in [0.3, 0.4) is 0 Å². The summed E-state index contributed by atoms with van der Waals surface area (Å²) in [6.45, 7) is 5.22. The van der Waals surface area contributed by atoms with Crippen molar-refractivity contribution in [3.05, 3.63) is 35.4 Å². The molecule has 2 rings (SSSR count). The van der Waals surface area contributed by atoms with Gasteiger partial charge in [0.15, 0.2) is 0 Å². The van der Waals surface area contributed by atoms with Gasteiger partial charge in [-0.1, -0.05) is 30.1 Å². The zero-order chi connectivity index (χ0) is 13.1. The highest BCUT2D eigenvalue weighted by atomic mass is 32.2. The highest BCUT2D eigenvalue weighted by molar-refractivity contribution is 8.26. The van der Waals surface area contributed by atoms with Crippen molar-refractivity contribution in [2.24, 2.45) is 0 Å². The van der Waals surface area contributed by atoms with Crippen molar-refractivity contribution in [1.82, 2.24) is 9.80 Å². The Morgan fingerprint density at radius 1 is 1.50 bits per heavy atom. The van der Waals surface area contributed by atoms with Gasteiger partial charge in [-0.3, -0.25) is 9.69 Å². The van der Waals surface area contributed by atoms with E-state index in [1.54, 1.807) is 11.0 Å². The van der Waals surface area contributed by atoms with Crippen molar-refractivity contribution in [3.63, 3.8) is 0 Å². The number of hydrogen-bond donors (Lipinski definition) is 0. The predicted molar refractivity (Wildman–Crippen MR) is 80.1 cm³/mol. The van der Waals surface area contributed by atoms with Crippen molar-refractivity contribution >= 4 is 34.2 Å². The molecule has 0 aromatic carbocycles. The van der Waals surface area contributed by atoms with Gasteiger partial charge in [-0.05, 0) is 25.0 Å². The molecule has 2 aliphatic rings. The van der Waals surface area contributed by atoms with E-state index in [1.165, 1.54) is 23.9 Å². The van der Waals surface area contributed by atoms with Gasteiger partial charge in [0.2, 0.25) is 0 Å². The van der Waals surface area contributed by atoms with Crippen molar-refractivity contribution in [3.8, 4) is 0 Å². The summed E-state index contributed by atoms with van der Waals surface area (Å²) in [5.41, 5.74) is 1.28. The minimum atomic E-state index is -0.0117. The number of thiocarbonyl (C=S) groups is 1. The fourth-order valence-corrected chi connectivity index (χ4v) is 3.23. The quantitative estimate of drug-likeness (QED) is 0.450. The van der Waals surface area contributed by atoms with E-state index >= 15 is 0 Å². The van der Waals surface area contributed by atoms with Crippen LogP contribution in [0.2, 0.25) is 0 Å². The second-order valence-corrected chi connectivity index (χ2v) is 5.96. The average Bonchev–Trinajstić information content (AvgIpc) is 2.86. The molecular weight excluding hydrogens is 264 g/mol. The second-order valence-electron chi connectivity index (χ2n) is 4.29. The number of rotatable bonds is 3. The molecule has 0 radical (unpaired) electrons. The number of nitrogens with zero attached hydrogens (tertiary/aromatic N) is 2. The summed E-state index contributed by atoms with van der Waals surface area (Å²) in [7, 11) is 2.08. The summed E-state index contributed by atoms with van der Waals surface area (Å²) in [5.74, 6) is -0.0117. The molecule has 1 amide bonds. The molecule has 3 nitrogen and oxygen atoms in total. The maximum Gasteiger partial charge on any atom is 0.266 e. The molecule has 0 unspecified atom stereocenters. The van der Waals surface area contributed by atoms with Crippen LogP contribution in [0.1, 0.15) is 12.8 Å². The van der Waals surface area contributed by atoms with Gasteiger partial charge in [0.25, 0.3) is 5.91 Å². The zero-order valence-corrected chi connectivity index (χ0v) is 12.0. The molecule has 2 aliphatic heterocycles. The van der Waals surface area contributed by atoms with E-state index in [4.69, 9.17) is 12.2 Å². The zero-order valence-electron chi connectivity index (χ0n) is 10.4. The number of carbonyl (C=O) groups is 1. The van der Waals surface area contributed by atoms with E-state index in [1.807, 2.05) is 12.2 Å². The van der Waals surface area contributed by atoms with Gasteiger partial charge in [0, 0.05) is 25.8 Å². The summed E-state index contributed by atoms with van der Waals surface area (Å²) >= 11 is 6.54. The standard InChI is InChI=1S/C13H16N2OS2/c1-3-8-15-12(16)11(18-13(15)17)7-6-10-5-4-9-14(10)2/h3,6-7H,1,4-5,8-9H2,2H3. The van der Waals surface area contributed by atoms with Crippen LogP contribution in [0.5, 0.6) is 0 Å². The minimum Gasteiger partial charge on any atom is -0.378 e. The van der Waals surface area contributed by atoms with Gasteiger partial charge in [-0.15, -0.1) is 6.58 Å². The number of thioether (sulfide) groups is 1. The molecule has 0 aromatic rings. The SMILES string of the molecule is C=CCN1C(=O)C(=CC=C2CCCN2C)SC1=S. The van der Waals surface area contributed by atoms with Gasteiger partial charge in [0.1, 0.15) is 4.32 Å². The lowest BCUT2D eigenvalue weighted by Gasteiger charge is -2.11. The van der Waals surface area contributed by atoms with Gasteiger partial charge in [-0.2, -0.15) is 0 Å². The smallest absolute Gasteiger partial charge is 0.266 e. The summed E-state index contributed by atoms with van der Waals surface area (Å²) in [5, 5.41) is 0. The predicted octanol–water partition coefficient (Wildman–Crippen LogP) is 2.53. The first-order valence-corrected chi connectivity index (χ1v) is 7.12. The lowest BCUT2D eigenvalue weighted by molar-refractivity contribution is -0.121. The number of amides is 1. The molecule has 0 aliphatic carbocycles. The molecule has 0 spiro atoms. The fraction of sp³-hybridized carbons (Fsp3) is 0.385. The lowest BCUT2D eigenvalue weighted by atomic mass is 10.3. The molecule has 2 fully saturated rings. The first-order chi connectivity index (χ1) is 8.63. The van der Waals surface area contributed by atoms with Gasteiger partial charge in [0.05, 0.1) is 4.91 Å². The highest BCUT2D eigenvalue weighted by Crippen LogP contribution is 2.31. The first-order valence-electron chi connectivity index (χ1n) is 5.90. The Hall–Kier alpha value is -1.07. The van der Waals surface area contributed by atoms with Crippen LogP contribution in [0.15, 0.2) is 35.4 Å². The maximum absolute atomic E-state index is 12.1. The molecule has 0 atom stereocenters. The third kappa shape index (κ3) is 2.67. The Labute approximate surface area is 117 Å². The van der Waals surface area contributed by atoms with E-state index < -0.39 is 0 Å². The number of hydrogen-bond acceptors (Lipinski definition) is 4. The number of carbonyl (C=O) groups excluding carboxylic acids is 1. The van der Waals surface area contributed by atoms with Crippen LogP contribution in [0.4, 0.5) is 0 Å². The average molecular weight is 280 g/mol. The van der Waals surface area contributed by atoms with Gasteiger partial charge in [-0.25, -0.2) is 0 Å². The lowest BCUT2D eigenvalue weighted by Crippen LogP contribution is -2.27. The normalized spacial score (nSPS) is 24.7. The summed E-state index contributed by atoms with van der Waals surface area (Å²) in [6.07, 6.45) is 7.89. The van der Waals surface area contributed by atoms with Crippen molar-refractivity contribution in [1.29, 1.82) is 0 Å². The van der Waals surface area contributed by atoms with Crippen LogP contribution in [0.25, 0.3) is 0 Å². The maximum atomic E-state index is 12.1. The van der Waals surface area contributed by atoms with Crippen molar-refractivity contribution in [2.75, 3.05) is 20.1 Å². The van der Waals surface area contributed by atoms with Crippen LogP contribution >= 0.6 is 24.0 Å². The van der Waals surface area contributed by atoms with Crippen LogP contribution < -0.4 is 0 Å². The Kier molecular flexibility index (Phi) is 4.24. The number of allylic oxidation sites excluding steroid dienone is 3. The molecule has 0 aromatic heterocycles. The van der Waals surface area contributed by atoms with E-state index in [0.717, 1.165) is 13.0 Å². The van der Waals surface area contributed by atoms with E-state index in [0.29, 0.717) is 15.8 Å². The minimum absolute atomic E-state index is 0.0117. The Balaban J connectivity index is 2.13. The topological polar surface area (TPSA) is 23.6 Å². The van der Waals surface area contributed by atoms with Gasteiger partial charge >= 0.3 is 0 Å². The molecule has 96 valence electrons. The Bertz CT molecular complexity index is 454.